The van der Waals surface area contributed by atoms with Crippen molar-refractivity contribution < 1.29 is 4.42 Å². The molecule has 0 radical (unpaired) electrons. The first-order valence-corrected chi connectivity index (χ1v) is 17.1. The van der Waals surface area contributed by atoms with Crippen molar-refractivity contribution >= 4 is 43.5 Å². The third kappa shape index (κ3) is 5.04. The topological polar surface area (TPSA) is 51.8 Å². The number of benzene rings is 8. The third-order valence-corrected chi connectivity index (χ3v) is 9.70. The zero-order valence-corrected chi connectivity index (χ0v) is 27.5. The molecule has 0 unspecified atom stereocenters. The minimum absolute atomic E-state index is 0.614. The molecule has 0 aliphatic rings. The van der Waals surface area contributed by atoms with E-state index in [-0.39, 0.29) is 0 Å². The van der Waals surface area contributed by atoms with Crippen molar-refractivity contribution in [1.82, 2.24) is 15.0 Å². The number of nitrogens with zero attached hydrogens (tertiary/aromatic N) is 3. The fourth-order valence-corrected chi connectivity index (χ4v) is 7.24. The molecule has 0 bridgehead atoms. The van der Waals surface area contributed by atoms with Crippen molar-refractivity contribution in [3.8, 4) is 56.4 Å². The van der Waals surface area contributed by atoms with E-state index in [1.54, 1.807) is 0 Å². The predicted octanol–water partition coefficient (Wildman–Crippen LogP) is 12.4. The summed E-state index contributed by atoms with van der Waals surface area (Å²) in [6, 6.07) is 61.0. The quantitative estimate of drug-likeness (QED) is 0.186. The third-order valence-electron chi connectivity index (χ3n) is 9.70. The summed E-state index contributed by atoms with van der Waals surface area (Å²) in [5, 5.41) is 6.43. The summed E-state index contributed by atoms with van der Waals surface area (Å²) < 4.78 is 6.71. The van der Waals surface area contributed by atoms with Crippen LogP contribution < -0.4 is 0 Å². The van der Waals surface area contributed by atoms with E-state index in [0.29, 0.717) is 17.5 Å². The molecule has 0 spiro atoms. The second-order valence-electron chi connectivity index (χ2n) is 12.8. The van der Waals surface area contributed by atoms with E-state index in [9.17, 15) is 0 Å². The molecule has 8 aromatic carbocycles. The van der Waals surface area contributed by atoms with Crippen molar-refractivity contribution in [3.05, 3.63) is 176 Å². The summed E-state index contributed by atoms with van der Waals surface area (Å²) in [7, 11) is 0. The Labute approximate surface area is 294 Å². The van der Waals surface area contributed by atoms with Crippen LogP contribution in [0.4, 0.5) is 0 Å². The molecule has 10 aromatic rings. The molecule has 2 heterocycles. The maximum Gasteiger partial charge on any atom is 0.164 e. The van der Waals surface area contributed by atoms with Gasteiger partial charge in [0.15, 0.2) is 17.5 Å². The largest absolute Gasteiger partial charge is 0.455 e. The molecular weight excluding hydrogens is 623 g/mol. The van der Waals surface area contributed by atoms with Gasteiger partial charge in [0, 0.05) is 32.8 Å². The number of rotatable bonds is 5. The molecule has 51 heavy (non-hydrogen) atoms. The lowest BCUT2D eigenvalue weighted by Crippen LogP contribution is -2.00. The minimum atomic E-state index is 0.614. The van der Waals surface area contributed by atoms with Gasteiger partial charge in [0.05, 0.1) is 0 Å². The monoisotopic (exact) mass is 651 g/mol. The van der Waals surface area contributed by atoms with Gasteiger partial charge in [0.1, 0.15) is 11.2 Å². The van der Waals surface area contributed by atoms with Gasteiger partial charge < -0.3 is 4.42 Å². The van der Waals surface area contributed by atoms with Gasteiger partial charge in [-0.2, -0.15) is 0 Å². The van der Waals surface area contributed by atoms with Crippen LogP contribution in [0.3, 0.4) is 0 Å². The van der Waals surface area contributed by atoms with Crippen LogP contribution in [-0.2, 0) is 0 Å². The molecule has 0 saturated carbocycles. The summed E-state index contributed by atoms with van der Waals surface area (Å²) in [5.41, 5.74) is 9.09. The minimum Gasteiger partial charge on any atom is -0.455 e. The molecule has 2 aromatic heterocycles. The summed E-state index contributed by atoms with van der Waals surface area (Å²) in [5.74, 6) is 1.87. The molecule has 0 aliphatic carbocycles. The van der Waals surface area contributed by atoms with Crippen molar-refractivity contribution in [1.29, 1.82) is 0 Å². The summed E-state index contributed by atoms with van der Waals surface area (Å²) >= 11 is 0. The normalized spacial score (nSPS) is 11.5. The van der Waals surface area contributed by atoms with Gasteiger partial charge in [-0.1, -0.05) is 152 Å². The molecule has 4 nitrogen and oxygen atoms in total. The highest BCUT2D eigenvalue weighted by Gasteiger charge is 2.20. The highest BCUT2D eigenvalue weighted by Crippen LogP contribution is 2.43. The molecule has 0 fully saturated rings. The van der Waals surface area contributed by atoms with Crippen molar-refractivity contribution in [2.45, 2.75) is 0 Å². The number of hydrogen-bond acceptors (Lipinski definition) is 4. The van der Waals surface area contributed by atoms with Crippen LogP contribution in [0.15, 0.2) is 180 Å². The molecule has 0 amide bonds. The molecule has 4 heteroatoms. The Balaban J connectivity index is 1.23. The Bertz CT molecular complexity index is 2910. The maximum atomic E-state index is 6.71. The highest BCUT2D eigenvalue weighted by molar-refractivity contribution is 6.22. The Hall–Kier alpha value is -6.91. The summed E-state index contributed by atoms with van der Waals surface area (Å²) in [6.07, 6.45) is 0. The first kappa shape index (κ1) is 29.0. The molecule has 0 atom stereocenters. The smallest absolute Gasteiger partial charge is 0.164 e. The van der Waals surface area contributed by atoms with E-state index in [2.05, 4.69) is 140 Å². The zero-order chi connectivity index (χ0) is 33.7. The molecule has 0 aliphatic heterocycles. The second kappa shape index (κ2) is 11.9. The molecule has 10 rings (SSSR count). The van der Waals surface area contributed by atoms with Gasteiger partial charge in [0.25, 0.3) is 0 Å². The van der Waals surface area contributed by atoms with Crippen LogP contribution in [0.25, 0.3) is 99.9 Å². The summed E-state index contributed by atoms with van der Waals surface area (Å²) in [4.78, 5) is 15.4. The predicted molar refractivity (Wildman–Crippen MR) is 209 cm³/mol. The van der Waals surface area contributed by atoms with E-state index in [1.165, 1.54) is 16.5 Å². The zero-order valence-electron chi connectivity index (χ0n) is 27.5. The van der Waals surface area contributed by atoms with Crippen LogP contribution in [0.1, 0.15) is 0 Å². The maximum absolute atomic E-state index is 6.71. The van der Waals surface area contributed by atoms with Crippen LogP contribution >= 0.6 is 0 Å². The van der Waals surface area contributed by atoms with Gasteiger partial charge in [-0.25, -0.2) is 15.0 Å². The lowest BCUT2D eigenvalue weighted by molar-refractivity contribution is 0.673. The fraction of sp³-hybridized carbons (Fsp3) is 0. The molecular formula is C47H29N3O. The Kier molecular flexibility index (Phi) is 6.78. The van der Waals surface area contributed by atoms with Gasteiger partial charge in [-0.15, -0.1) is 0 Å². The van der Waals surface area contributed by atoms with E-state index in [0.717, 1.165) is 65.9 Å². The first-order chi connectivity index (χ1) is 25.3. The van der Waals surface area contributed by atoms with Crippen molar-refractivity contribution in [2.24, 2.45) is 0 Å². The number of furan rings is 1. The van der Waals surface area contributed by atoms with Crippen molar-refractivity contribution in [2.75, 3.05) is 0 Å². The van der Waals surface area contributed by atoms with Crippen LogP contribution in [-0.4, -0.2) is 15.0 Å². The van der Waals surface area contributed by atoms with E-state index in [1.807, 2.05) is 36.4 Å². The second-order valence-corrected chi connectivity index (χ2v) is 12.8. The summed E-state index contributed by atoms with van der Waals surface area (Å²) in [6.45, 7) is 0. The standard InChI is InChI=1S/C47H29N3O/c1-3-13-30(14-4-1)34-19-11-20-35(27-34)37-23-12-24-42-43(37)41-29-40(38-21-9-10-22-39(38)44(41)51-42)47-49-45(32-16-5-2-6-17-32)48-46(50-47)36-26-25-31-15-7-8-18-33(31)28-36/h1-29H. The number of fused-ring (bicyclic) bond motifs is 6. The first-order valence-electron chi connectivity index (χ1n) is 17.1. The molecule has 0 N–H and O–H groups in total. The molecule has 0 saturated heterocycles. The number of aromatic nitrogens is 3. The van der Waals surface area contributed by atoms with Gasteiger partial charge >= 0.3 is 0 Å². The van der Waals surface area contributed by atoms with E-state index < -0.39 is 0 Å². The average molecular weight is 652 g/mol. The van der Waals surface area contributed by atoms with Gasteiger partial charge in [-0.05, 0) is 62.7 Å². The van der Waals surface area contributed by atoms with Crippen molar-refractivity contribution in [3.63, 3.8) is 0 Å². The lowest BCUT2D eigenvalue weighted by Gasteiger charge is -2.12. The fourth-order valence-electron chi connectivity index (χ4n) is 7.24. The van der Waals surface area contributed by atoms with E-state index >= 15 is 0 Å². The van der Waals surface area contributed by atoms with Gasteiger partial charge in [0.2, 0.25) is 0 Å². The SMILES string of the molecule is c1ccc(-c2cccc(-c3cccc4oc5c6ccccc6c(-c6nc(-c7ccccc7)nc(-c7ccc8ccccc8c7)n6)cc5c34)c2)cc1. The highest BCUT2D eigenvalue weighted by atomic mass is 16.3. The van der Waals surface area contributed by atoms with Crippen LogP contribution in [0, 0.1) is 0 Å². The Morgan fingerprint density at radius 1 is 0.333 bits per heavy atom. The van der Waals surface area contributed by atoms with E-state index in [4.69, 9.17) is 19.4 Å². The average Bonchev–Trinajstić information content (AvgIpc) is 3.60. The van der Waals surface area contributed by atoms with Crippen LogP contribution in [0.2, 0.25) is 0 Å². The number of hydrogen-bond donors (Lipinski definition) is 0. The Morgan fingerprint density at radius 3 is 1.78 bits per heavy atom. The Morgan fingerprint density at radius 2 is 0.961 bits per heavy atom. The lowest BCUT2D eigenvalue weighted by atomic mass is 9.94. The van der Waals surface area contributed by atoms with Crippen LogP contribution in [0.5, 0.6) is 0 Å². The molecule has 238 valence electrons. The van der Waals surface area contributed by atoms with Gasteiger partial charge in [-0.3, -0.25) is 0 Å².